The van der Waals surface area contributed by atoms with Crippen molar-refractivity contribution < 1.29 is 28.9 Å². The first-order valence-corrected chi connectivity index (χ1v) is 15.1. The molecule has 38 heavy (non-hydrogen) atoms. The molecule has 0 radical (unpaired) electrons. The van der Waals surface area contributed by atoms with Crippen LogP contribution >= 0.6 is 0 Å². The van der Waals surface area contributed by atoms with Gasteiger partial charge in [-0.25, -0.2) is 0 Å². The van der Waals surface area contributed by atoms with Crippen LogP contribution in [0.1, 0.15) is 98.3 Å². The van der Waals surface area contributed by atoms with Gasteiger partial charge in [0.05, 0.1) is 30.8 Å². The number of aliphatic carboxylic acids is 1. The van der Waals surface area contributed by atoms with Gasteiger partial charge in [0.15, 0.2) is 0 Å². The van der Waals surface area contributed by atoms with Crippen LogP contribution in [0.3, 0.4) is 0 Å². The number of rotatable bonds is 14. The minimum Gasteiger partial charge on any atom is -0.481 e. The molecule has 1 aliphatic carbocycles. The lowest BCUT2D eigenvalue weighted by molar-refractivity contribution is -0.149. The molecule has 216 valence electrons. The van der Waals surface area contributed by atoms with Crippen LogP contribution in [0, 0.1) is 29.1 Å². The molecule has 0 amide bonds. The summed E-state index contributed by atoms with van der Waals surface area (Å²) in [5, 5.41) is 9.67. The fraction of sp³-hybridized carbons (Fsp3) is 0.812. The fourth-order valence-electron chi connectivity index (χ4n) is 6.34. The first-order valence-electron chi connectivity index (χ1n) is 15.1. The van der Waals surface area contributed by atoms with Gasteiger partial charge in [0.25, 0.3) is 0 Å². The lowest BCUT2D eigenvalue weighted by Crippen LogP contribution is -2.40. The lowest BCUT2D eigenvalue weighted by Gasteiger charge is -2.40. The molecule has 0 aromatic heterocycles. The monoisotopic (exact) mass is 532 g/mol. The summed E-state index contributed by atoms with van der Waals surface area (Å²) < 4.78 is 18.0. The number of ether oxygens (including phenoxy) is 3. The molecule has 0 aromatic rings. The van der Waals surface area contributed by atoms with Crippen LogP contribution in [0.5, 0.6) is 0 Å². The van der Waals surface area contributed by atoms with E-state index in [-0.39, 0.29) is 41.5 Å². The van der Waals surface area contributed by atoms with E-state index in [1.807, 2.05) is 0 Å². The SMILES string of the molecule is CC(C)OCC(C)(C)C(C=C[C@H]1CCC(=O)[C@@H]1CC=CCCC(C(=O)O)C1CCCCO1)C1CCCCO1. The quantitative estimate of drug-likeness (QED) is 0.249. The molecule has 0 spiro atoms. The van der Waals surface area contributed by atoms with Gasteiger partial charge < -0.3 is 19.3 Å². The van der Waals surface area contributed by atoms with E-state index in [1.54, 1.807) is 0 Å². The summed E-state index contributed by atoms with van der Waals surface area (Å²) in [4.78, 5) is 24.5. The van der Waals surface area contributed by atoms with Gasteiger partial charge in [-0.15, -0.1) is 0 Å². The predicted molar refractivity (Wildman–Crippen MR) is 150 cm³/mol. The maximum Gasteiger partial charge on any atom is 0.309 e. The molecule has 3 aliphatic rings. The fourth-order valence-corrected chi connectivity index (χ4v) is 6.34. The zero-order valence-electron chi connectivity index (χ0n) is 24.2. The van der Waals surface area contributed by atoms with Crippen molar-refractivity contribution >= 4 is 11.8 Å². The number of carboxylic acid groups (broad SMARTS) is 1. The van der Waals surface area contributed by atoms with Crippen LogP contribution in [0.2, 0.25) is 0 Å². The largest absolute Gasteiger partial charge is 0.481 e. The molecule has 1 saturated carbocycles. The highest BCUT2D eigenvalue weighted by Crippen LogP contribution is 2.39. The minimum atomic E-state index is -0.764. The molecule has 6 heteroatoms. The summed E-state index contributed by atoms with van der Waals surface area (Å²) in [6.45, 7) is 10.9. The van der Waals surface area contributed by atoms with Gasteiger partial charge in [-0.2, -0.15) is 0 Å². The van der Waals surface area contributed by atoms with E-state index in [2.05, 4.69) is 52.0 Å². The third kappa shape index (κ3) is 9.31. The number of carboxylic acids is 1. The van der Waals surface area contributed by atoms with Crippen molar-refractivity contribution in [3.8, 4) is 0 Å². The van der Waals surface area contributed by atoms with E-state index in [1.165, 1.54) is 6.42 Å². The van der Waals surface area contributed by atoms with Crippen molar-refractivity contribution in [3.05, 3.63) is 24.3 Å². The predicted octanol–water partition coefficient (Wildman–Crippen LogP) is 6.77. The molecule has 2 saturated heterocycles. The van der Waals surface area contributed by atoms with Crippen molar-refractivity contribution in [2.24, 2.45) is 29.1 Å². The Morgan fingerprint density at radius 2 is 1.74 bits per heavy atom. The van der Waals surface area contributed by atoms with E-state index in [0.29, 0.717) is 38.3 Å². The van der Waals surface area contributed by atoms with E-state index in [4.69, 9.17) is 14.2 Å². The van der Waals surface area contributed by atoms with Crippen LogP contribution in [0.25, 0.3) is 0 Å². The first kappa shape index (κ1) is 31.0. The van der Waals surface area contributed by atoms with Gasteiger partial charge in [0, 0.05) is 31.5 Å². The number of Topliss-reactive ketones (excluding diaryl/α,β-unsaturated/α-hetero) is 1. The zero-order valence-corrected chi connectivity index (χ0v) is 24.2. The Kier molecular flexibility index (Phi) is 12.5. The normalized spacial score (nSPS) is 28.9. The Balaban J connectivity index is 1.58. The van der Waals surface area contributed by atoms with E-state index < -0.39 is 11.9 Å². The lowest BCUT2D eigenvalue weighted by atomic mass is 9.73. The average molecular weight is 533 g/mol. The average Bonchev–Trinajstić information content (AvgIpc) is 3.25. The number of carbonyl (C=O) groups excluding carboxylic acids is 1. The highest BCUT2D eigenvalue weighted by atomic mass is 16.5. The maximum atomic E-state index is 12.8. The number of hydrogen-bond donors (Lipinski definition) is 1. The molecule has 6 nitrogen and oxygen atoms in total. The highest BCUT2D eigenvalue weighted by Gasteiger charge is 2.38. The van der Waals surface area contributed by atoms with Crippen molar-refractivity contribution in [1.82, 2.24) is 0 Å². The molecule has 1 N–H and O–H groups in total. The Hall–Kier alpha value is -1.50. The highest BCUT2D eigenvalue weighted by molar-refractivity contribution is 5.83. The van der Waals surface area contributed by atoms with Crippen LogP contribution in [-0.2, 0) is 23.8 Å². The van der Waals surface area contributed by atoms with E-state index in [0.717, 1.165) is 51.6 Å². The topological polar surface area (TPSA) is 82.1 Å². The maximum absolute atomic E-state index is 12.8. The second-order valence-corrected chi connectivity index (χ2v) is 12.6. The third-order valence-electron chi connectivity index (χ3n) is 8.71. The number of ketones is 1. The summed E-state index contributed by atoms with van der Waals surface area (Å²) in [7, 11) is 0. The van der Waals surface area contributed by atoms with Crippen molar-refractivity contribution in [3.63, 3.8) is 0 Å². The second kappa shape index (κ2) is 15.3. The Morgan fingerprint density at radius 3 is 2.34 bits per heavy atom. The van der Waals surface area contributed by atoms with Crippen molar-refractivity contribution in [2.45, 2.75) is 117 Å². The van der Waals surface area contributed by atoms with Gasteiger partial charge in [-0.1, -0.05) is 38.2 Å². The van der Waals surface area contributed by atoms with Crippen LogP contribution in [0.4, 0.5) is 0 Å². The van der Waals surface area contributed by atoms with Crippen LogP contribution in [-0.4, -0.2) is 55.0 Å². The van der Waals surface area contributed by atoms with Gasteiger partial charge in [-0.3, -0.25) is 9.59 Å². The third-order valence-corrected chi connectivity index (χ3v) is 8.71. The Morgan fingerprint density at radius 1 is 1.05 bits per heavy atom. The van der Waals surface area contributed by atoms with Crippen molar-refractivity contribution in [1.29, 1.82) is 0 Å². The molecule has 3 rings (SSSR count). The van der Waals surface area contributed by atoms with Crippen LogP contribution < -0.4 is 0 Å². The Labute approximate surface area is 230 Å². The Bertz CT molecular complexity index is 788. The standard InChI is InChI=1S/C32H52O6/c1-23(2)38-22-32(3,4)27(30-15-9-11-21-37-30)18-16-24-17-19-28(33)25(24)12-6-5-7-13-26(31(34)35)29-14-8-10-20-36-29/h5-6,16,18,23-27,29-30H,7-15,17,19-22H2,1-4H3,(H,34,35)/t24-,25+,26?,27?,29?,30?/m0/s1. The van der Waals surface area contributed by atoms with E-state index in [9.17, 15) is 14.7 Å². The molecule has 2 heterocycles. The number of allylic oxidation sites excluding steroid dienone is 3. The molecule has 2 aliphatic heterocycles. The smallest absolute Gasteiger partial charge is 0.309 e. The summed E-state index contributed by atoms with van der Waals surface area (Å²) in [6, 6.07) is 0. The number of carbonyl (C=O) groups is 2. The van der Waals surface area contributed by atoms with Crippen molar-refractivity contribution in [2.75, 3.05) is 19.8 Å². The minimum absolute atomic E-state index is 0.00222. The summed E-state index contributed by atoms with van der Waals surface area (Å²) in [6.07, 6.45) is 18.8. The molecule has 0 aromatic carbocycles. The number of hydrogen-bond acceptors (Lipinski definition) is 5. The summed E-state index contributed by atoms with van der Waals surface area (Å²) >= 11 is 0. The molecule has 0 bridgehead atoms. The molecular formula is C32H52O6. The molecular weight excluding hydrogens is 480 g/mol. The van der Waals surface area contributed by atoms with Gasteiger partial charge >= 0.3 is 5.97 Å². The van der Waals surface area contributed by atoms with Crippen LogP contribution in [0.15, 0.2) is 24.3 Å². The molecule has 6 atom stereocenters. The summed E-state index contributed by atoms with van der Waals surface area (Å²) in [5.41, 5.74) is -0.0660. The molecule has 4 unspecified atom stereocenters. The van der Waals surface area contributed by atoms with Gasteiger partial charge in [-0.05, 0) is 89.4 Å². The molecule has 3 fully saturated rings. The zero-order chi connectivity index (χ0) is 27.5. The van der Waals surface area contributed by atoms with Gasteiger partial charge in [0.2, 0.25) is 0 Å². The van der Waals surface area contributed by atoms with Gasteiger partial charge in [0.1, 0.15) is 5.78 Å². The van der Waals surface area contributed by atoms with E-state index >= 15 is 0 Å². The first-order chi connectivity index (χ1) is 18.2. The summed E-state index contributed by atoms with van der Waals surface area (Å²) in [5.74, 6) is -0.394. The second-order valence-electron chi connectivity index (χ2n) is 12.6.